The molecule has 0 spiro atoms. The number of carbonyl (C=O) groups excluding carboxylic acids is 1. The van der Waals surface area contributed by atoms with Crippen molar-refractivity contribution in [3.63, 3.8) is 0 Å². The van der Waals surface area contributed by atoms with Crippen LogP contribution in [0.15, 0.2) is 95.6 Å². The number of carbonyl (C=O) groups is 1. The van der Waals surface area contributed by atoms with Crippen LogP contribution in [0.3, 0.4) is 0 Å². The Morgan fingerprint density at radius 1 is 0.857 bits per heavy atom. The molecule has 0 unspecified atom stereocenters. The first kappa shape index (κ1) is 17.4. The van der Waals surface area contributed by atoms with Crippen molar-refractivity contribution in [2.45, 2.75) is 0 Å². The first-order chi connectivity index (χ1) is 13.6. The van der Waals surface area contributed by atoms with Crippen molar-refractivity contribution in [3.8, 4) is 0 Å². The van der Waals surface area contributed by atoms with Gasteiger partial charge in [0.2, 0.25) is 0 Å². The summed E-state index contributed by atoms with van der Waals surface area (Å²) in [5.74, 6) is 0.207. The summed E-state index contributed by atoms with van der Waals surface area (Å²) in [5, 5.41) is 10.9. The predicted molar refractivity (Wildman–Crippen MR) is 108 cm³/mol. The molecule has 1 aliphatic rings. The Morgan fingerprint density at radius 3 is 2.07 bits per heavy atom. The highest BCUT2D eigenvalue weighted by atomic mass is 16.6. The van der Waals surface area contributed by atoms with Crippen molar-refractivity contribution in [2.24, 2.45) is 4.99 Å². The molecule has 0 aliphatic carbocycles. The quantitative estimate of drug-likeness (QED) is 0.388. The van der Waals surface area contributed by atoms with Gasteiger partial charge in [0.25, 0.3) is 11.6 Å². The largest absolute Gasteiger partial charge is 0.282 e. The number of aliphatic imine (C=N–C) groups is 1. The fraction of sp³-hybridized carbons (Fsp3) is 0. The zero-order chi connectivity index (χ0) is 19.5. The van der Waals surface area contributed by atoms with Gasteiger partial charge in [-0.25, -0.2) is 4.99 Å². The molecule has 0 aromatic heterocycles. The van der Waals surface area contributed by atoms with E-state index in [1.165, 1.54) is 17.0 Å². The Balaban J connectivity index is 1.80. The number of benzene rings is 3. The molecule has 3 aromatic carbocycles. The highest BCUT2D eigenvalue weighted by Crippen LogP contribution is 2.29. The van der Waals surface area contributed by atoms with Gasteiger partial charge in [-0.2, -0.15) is 0 Å². The lowest BCUT2D eigenvalue weighted by atomic mass is 10.1. The number of nitro benzene ring substituents is 1. The predicted octanol–water partition coefficient (Wildman–Crippen LogP) is 4.43. The Labute approximate surface area is 161 Å². The van der Waals surface area contributed by atoms with Crippen LogP contribution in [0.2, 0.25) is 0 Å². The van der Waals surface area contributed by atoms with E-state index in [1.54, 1.807) is 18.2 Å². The number of rotatable bonds is 4. The van der Waals surface area contributed by atoms with E-state index in [0.29, 0.717) is 17.2 Å². The summed E-state index contributed by atoms with van der Waals surface area (Å²) in [6.45, 7) is 0. The van der Waals surface area contributed by atoms with Crippen LogP contribution in [0.25, 0.3) is 6.08 Å². The van der Waals surface area contributed by atoms with E-state index in [4.69, 9.17) is 0 Å². The third kappa shape index (κ3) is 3.31. The van der Waals surface area contributed by atoms with Crippen LogP contribution in [0, 0.1) is 10.1 Å². The molecular formula is C22H15N3O3. The second kappa shape index (κ2) is 7.28. The van der Waals surface area contributed by atoms with E-state index in [1.807, 2.05) is 60.7 Å². The number of amidine groups is 1. The molecule has 0 bridgehead atoms. The summed E-state index contributed by atoms with van der Waals surface area (Å²) in [4.78, 5) is 29.6. The van der Waals surface area contributed by atoms with Crippen LogP contribution in [0.4, 0.5) is 11.4 Å². The number of non-ortho nitro benzene ring substituents is 1. The number of amides is 1. The van der Waals surface area contributed by atoms with E-state index in [0.717, 1.165) is 11.1 Å². The monoisotopic (exact) mass is 369 g/mol. The van der Waals surface area contributed by atoms with Crippen molar-refractivity contribution in [3.05, 3.63) is 112 Å². The van der Waals surface area contributed by atoms with Gasteiger partial charge in [-0.05, 0) is 23.8 Å². The maximum Gasteiger partial charge on any atom is 0.282 e. The summed E-state index contributed by atoms with van der Waals surface area (Å²) < 4.78 is 0. The molecular weight excluding hydrogens is 354 g/mol. The third-order valence-electron chi connectivity index (χ3n) is 4.31. The average molecular weight is 369 g/mol. The van der Waals surface area contributed by atoms with E-state index in [-0.39, 0.29) is 11.6 Å². The lowest BCUT2D eigenvalue weighted by Crippen LogP contribution is -2.32. The van der Waals surface area contributed by atoms with Crippen molar-refractivity contribution < 1.29 is 9.72 Å². The summed E-state index contributed by atoms with van der Waals surface area (Å²) in [6, 6.07) is 24.7. The normalized spacial score (nSPS) is 15.0. The first-order valence-corrected chi connectivity index (χ1v) is 8.63. The fourth-order valence-electron chi connectivity index (χ4n) is 2.97. The van der Waals surface area contributed by atoms with Gasteiger partial charge in [0.05, 0.1) is 10.6 Å². The van der Waals surface area contributed by atoms with E-state index >= 15 is 0 Å². The maximum atomic E-state index is 13.1. The van der Waals surface area contributed by atoms with Crippen molar-refractivity contribution in [1.82, 2.24) is 0 Å². The molecule has 0 radical (unpaired) electrons. The molecule has 1 aliphatic heterocycles. The Bertz CT molecular complexity index is 1090. The number of nitrogens with zero attached hydrogens (tertiary/aromatic N) is 3. The van der Waals surface area contributed by atoms with Gasteiger partial charge in [0, 0.05) is 17.7 Å². The molecule has 0 atom stereocenters. The van der Waals surface area contributed by atoms with Gasteiger partial charge in [-0.3, -0.25) is 19.8 Å². The van der Waals surface area contributed by atoms with Crippen LogP contribution < -0.4 is 4.90 Å². The lowest BCUT2D eigenvalue weighted by Gasteiger charge is -2.18. The van der Waals surface area contributed by atoms with Gasteiger partial charge in [-0.1, -0.05) is 60.7 Å². The smallest absolute Gasteiger partial charge is 0.266 e. The van der Waals surface area contributed by atoms with Gasteiger partial charge in [-0.15, -0.1) is 0 Å². The molecule has 4 rings (SSSR count). The average Bonchev–Trinajstić information content (AvgIpc) is 3.05. The SMILES string of the molecule is O=C1/C(=C/c2ccccc2)N=C(c2ccccc2)N1c1ccc([N+](=O)[O-])cc1. The highest BCUT2D eigenvalue weighted by molar-refractivity contribution is 6.33. The van der Waals surface area contributed by atoms with Crippen LogP contribution in [-0.2, 0) is 4.79 Å². The maximum absolute atomic E-state index is 13.1. The highest BCUT2D eigenvalue weighted by Gasteiger charge is 2.32. The first-order valence-electron chi connectivity index (χ1n) is 8.63. The minimum Gasteiger partial charge on any atom is -0.266 e. The Kier molecular flexibility index (Phi) is 4.51. The molecule has 6 nitrogen and oxygen atoms in total. The molecule has 0 N–H and O–H groups in total. The van der Waals surface area contributed by atoms with Gasteiger partial charge in [0.15, 0.2) is 0 Å². The molecule has 0 saturated carbocycles. The zero-order valence-corrected chi connectivity index (χ0v) is 14.7. The van der Waals surface area contributed by atoms with Crippen molar-refractivity contribution in [1.29, 1.82) is 0 Å². The molecule has 1 amide bonds. The molecule has 28 heavy (non-hydrogen) atoms. The Hall–Kier alpha value is -4.06. The zero-order valence-electron chi connectivity index (χ0n) is 14.7. The summed E-state index contributed by atoms with van der Waals surface area (Å²) in [5.41, 5.74) is 2.45. The molecule has 0 saturated heterocycles. The van der Waals surface area contributed by atoms with E-state index in [2.05, 4.69) is 4.99 Å². The van der Waals surface area contributed by atoms with Crippen LogP contribution in [0.5, 0.6) is 0 Å². The van der Waals surface area contributed by atoms with Gasteiger partial charge in [0.1, 0.15) is 11.5 Å². The van der Waals surface area contributed by atoms with Gasteiger partial charge >= 0.3 is 0 Å². The van der Waals surface area contributed by atoms with Crippen LogP contribution in [-0.4, -0.2) is 16.7 Å². The second-order valence-corrected chi connectivity index (χ2v) is 6.16. The Morgan fingerprint density at radius 2 is 1.46 bits per heavy atom. The molecule has 1 heterocycles. The number of anilines is 1. The number of hydrogen-bond acceptors (Lipinski definition) is 4. The second-order valence-electron chi connectivity index (χ2n) is 6.16. The van der Waals surface area contributed by atoms with E-state index < -0.39 is 4.92 Å². The van der Waals surface area contributed by atoms with Crippen LogP contribution >= 0.6 is 0 Å². The number of hydrogen-bond donors (Lipinski definition) is 0. The van der Waals surface area contributed by atoms with E-state index in [9.17, 15) is 14.9 Å². The molecule has 136 valence electrons. The fourth-order valence-corrected chi connectivity index (χ4v) is 2.97. The molecule has 3 aromatic rings. The van der Waals surface area contributed by atoms with Gasteiger partial charge < -0.3 is 0 Å². The van der Waals surface area contributed by atoms with Crippen molar-refractivity contribution in [2.75, 3.05) is 4.90 Å². The van der Waals surface area contributed by atoms with Crippen molar-refractivity contribution >= 4 is 29.2 Å². The lowest BCUT2D eigenvalue weighted by molar-refractivity contribution is -0.384. The summed E-state index contributed by atoms with van der Waals surface area (Å²) in [6.07, 6.45) is 1.73. The third-order valence-corrected chi connectivity index (χ3v) is 4.31. The summed E-state index contributed by atoms with van der Waals surface area (Å²) >= 11 is 0. The minimum absolute atomic E-state index is 0.0337. The molecule has 0 fully saturated rings. The topological polar surface area (TPSA) is 75.8 Å². The minimum atomic E-state index is -0.470. The molecule has 6 heteroatoms. The standard InChI is InChI=1S/C22H15N3O3/c26-22-20(15-16-7-3-1-4-8-16)23-21(17-9-5-2-6-10-17)24(22)18-11-13-19(14-12-18)25(27)28/h1-15H/b20-15-. The van der Waals surface area contributed by atoms with Crippen LogP contribution in [0.1, 0.15) is 11.1 Å². The summed E-state index contributed by atoms with van der Waals surface area (Å²) in [7, 11) is 0. The number of nitro groups is 1.